The fraction of sp³-hybridized carbons (Fsp3) is 0.318. The van der Waals surface area contributed by atoms with Crippen molar-refractivity contribution in [1.82, 2.24) is 10.2 Å². The first-order chi connectivity index (χ1) is 14.7. The van der Waals surface area contributed by atoms with Crippen molar-refractivity contribution in [3.63, 3.8) is 0 Å². The number of nitrogens with zero attached hydrogens (tertiary/aromatic N) is 2. The van der Waals surface area contributed by atoms with E-state index in [1.807, 2.05) is 12.1 Å². The molecule has 4 amide bonds. The van der Waals surface area contributed by atoms with Gasteiger partial charge in [0.15, 0.2) is 0 Å². The molecule has 9 heteroatoms. The first kappa shape index (κ1) is 21.9. The molecule has 0 aliphatic carbocycles. The lowest BCUT2D eigenvalue weighted by Crippen LogP contribution is -2.42. The summed E-state index contributed by atoms with van der Waals surface area (Å²) in [5, 5.41) is 16.3. The second-order valence-electron chi connectivity index (χ2n) is 7.65. The Kier molecular flexibility index (Phi) is 6.05. The molecule has 0 aromatic heterocycles. The third-order valence-corrected chi connectivity index (χ3v) is 5.42. The summed E-state index contributed by atoms with van der Waals surface area (Å²) in [5.74, 6) is -1.17. The van der Waals surface area contributed by atoms with Crippen LogP contribution in [0.5, 0.6) is 0 Å². The van der Waals surface area contributed by atoms with Gasteiger partial charge in [-0.25, -0.2) is 4.79 Å². The number of hydrogen-bond donors (Lipinski definition) is 2. The summed E-state index contributed by atoms with van der Waals surface area (Å²) in [6.45, 7) is 4.69. The fourth-order valence-corrected chi connectivity index (χ4v) is 3.62. The summed E-state index contributed by atoms with van der Waals surface area (Å²) in [7, 11) is 0. The second-order valence-corrected chi connectivity index (χ2v) is 7.65. The molecule has 1 saturated heterocycles. The number of aryl methyl sites for hydroxylation is 1. The Balaban J connectivity index is 1.75. The van der Waals surface area contributed by atoms with Crippen LogP contribution in [0.3, 0.4) is 0 Å². The minimum absolute atomic E-state index is 0.133. The molecule has 0 bridgehead atoms. The maximum absolute atomic E-state index is 13.0. The highest BCUT2D eigenvalue weighted by atomic mass is 16.6. The van der Waals surface area contributed by atoms with Crippen molar-refractivity contribution in [1.29, 1.82) is 0 Å². The van der Waals surface area contributed by atoms with Crippen molar-refractivity contribution in [2.24, 2.45) is 0 Å². The van der Waals surface area contributed by atoms with E-state index in [1.54, 1.807) is 19.1 Å². The molecule has 0 spiro atoms. The Morgan fingerprint density at radius 2 is 1.87 bits per heavy atom. The lowest BCUT2D eigenvalue weighted by atomic mass is 9.91. The summed E-state index contributed by atoms with van der Waals surface area (Å²) in [5.41, 5.74) is 0.893. The number of carbonyl (C=O) groups excluding carboxylic acids is 3. The third-order valence-electron chi connectivity index (χ3n) is 5.42. The van der Waals surface area contributed by atoms with E-state index in [9.17, 15) is 24.5 Å². The van der Waals surface area contributed by atoms with Crippen LogP contribution < -0.4 is 10.6 Å². The van der Waals surface area contributed by atoms with Crippen LogP contribution >= 0.6 is 0 Å². The summed E-state index contributed by atoms with van der Waals surface area (Å²) in [4.78, 5) is 49.4. The maximum atomic E-state index is 13.0. The highest BCUT2D eigenvalue weighted by Crippen LogP contribution is 2.29. The Labute approximate surface area is 179 Å². The summed E-state index contributed by atoms with van der Waals surface area (Å²) < 4.78 is 0. The molecule has 31 heavy (non-hydrogen) atoms. The standard InChI is InChI=1S/C22H24N4O5/c1-4-6-15-9-11-16(12-10-15)22(3)20(28)25(21(29)24-22)13-19(27)23-17-7-5-8-18(14(17)2)26(30)31/h5,7-12H,4,6,13H2,1-3H3,(H,23,27)(H,24,29). The molecule has 9 nitrogen and oxygen atoms in total. The number of rotatable bonds is 7. The van der Waals surface area contributed by atoms with Gasteiger partial charge in [0.2, 0.25) is 5.91 Å². The Morgan fingerprint density at radius 3 is 2.48 bits per heavy atom. The van der Waals surface area contributed by atoms with E-state index >= 15 is 0 Å². The van der Waals surface area contributed by atoms with Crippen LogP contribution in [-0.2, 0) is 21.5 Å². The van der Waals surface area contributed by atoms with Crippen LogP contribution in [0.25, 0.3) is 0 Å². The smallest absolute Gasteiger partial charge is 0.324 e. The summed E-state index contributed by atoms with van der Waals surface area (Å²) >= 11 is 0. The number of urea groups is 1. The molecule has 2 N–H and O–H groups in total. The van der Waals surface area contributed by atoms with E-state index in [4.69, 9.17) is 0 Å². The average Bonchev–Trinajstić information content (AvgIpc) is 2.94. The van der Waals surface area contributed by atoms with Crippen molar-refractivity contribution in [2.45, 2.75) is 39.2 Å². The van der Waals surface area contributed by atoms with Gasteiger partial charge in [-0.15, -0.1) is 0 Å². The van der Waals surface area contributed by atoms with Crippen molar-refractivity contribution in [3.05, 3.63) is 69.3 Å². The highest BCUT2D eigenvalue weighted by Gasteiger charge is 2.49. The zero-order chi connectivity index (χ0) is 22.8. The Morgan fingerprint density at radius 1 is 1.19 bits per heavy atom. The Hall–Kier alpha value is -3.75. The molecule has 1 unspecified atom stereocenters. The quantitative estimate of drug-likeness (QED) is 0.401. The molecule has 162 valence electrons. The van der Waals surface area contributed by atoms with Gasteiger partial charge in [0.25, 0.3) is 11.6 Å². The minimum Gasteiger partial charge on any atom is -0.324 e. The molecular weight excluding hydrogens is 400 g/mol. The second kappa shape index (κ2) is 8.55. The van der Waals surface area contributed by atoms with Gasteiger partial charge in [-0.05, 0) is 37.5 Å². The molecule has 0 radical (unpaired) electrons. The van der Waals surface area contributed by atoms with Gasteiger partial charge in [-0.3, -0.25) is 24.6 Å². The Bertz CT molecular complexity index is 1050. The van der Waals surface area contributed by atoms with Crippen molar-refractivity contribution < 1.29 is 19.3 Å². The van der Waals surface area contributed by atoms with E-state index in [0.29, 0.717) is 5.56 Å². The van der Waals surface area contributed by atoms with E-state index in [2.05, 4.69) is 17.6 Å². The van der Waals surface area contributed by atoms with Gasteiger partial charge in [0.1, 0.15) is 12.1 Å². The topological polar surface area (TPSA) is 122 Å². The van der Waals surface area contributed by atoms with E-state index in [-0.39, 0.29) is 16.9 Å². The molecule has 2 aromatic rings. The number of carbonyl (C=O) groups is 3. The van der Waals surface area contributed by atoms with E-state index in [0.717, 1.165) is 23.3 Å². The van der Waals surface area contributed by atoms with Gasteiger partial charge in [0.05, 0.1) is 16.2 Å². The monoisotopic (exact) mass is 424 g/mol. The predicted molar refractivity (Wildman–Crippen MR) is 114 cm³/mol. The van der Waals surface area contributed by atoms with Crippen LogP contribution in [0.15, 0.2) is 42.5 Å². The third kappa shape index (κ3) is 4.25. The number of nitrogens with one attached hydrogen (secondary N) is 2. The molecular formula is C22H24N4O5. The van der Waals surface area contributed by atoms with Crippen LogP contribution in [0.1, 0.15) is 37.0 Å². The number of nitro groups is 1. The predicted octanol–water partition coefficient (Wildman–Crippen LogP) is 3.26. The van der Waals surface area contributed by atoms with Crippen LogP contribution in [0, 0.1) is 17.0 Å². The van der Waals surface area contributed by atoms with Gasteiger partial charge >= 0.3 is 6.03 Å². The maximum Gasteiger partial charge on any atom is 0.325 e. The van der Waals surface area contributed by atoms with Gasteiger partial charge in [0, 0.05) is 6.07 Å². The molecule has 1 fully saturated rings. The molecule has 3 rings (SSSR count). The van der Waals surface area contributed by atoms with Crippen LogP contribution in [0.4, 0.5) is 16.2 Å². The molecule has 0 saturated carbocycles. The molecule has 2 aromatic carbocycles. The van der Waals surface area contributed by atoms with E-state index < -0.39 is 34.9 Å². The largest absolute Gasteiger partial charge is 0.325 e. The van der Waals surface area contributed by atoms with Gasteiger partial charge in [-0.1, -0.05) is 43.7 Å². The summed E-state index contributed by atoms with van der Waals surface area (Å²) in [6.07, 6.45) is 1.92. The molecule has 1 heterocycles. The fourth-order valence-electron chi connectivity index (χ4n) is 3.62. The minimum atomic E-state index is -1.27. The van der Waals surface area contributed by atoms with Crippen LogP contribution in [0.2, 0.25) is 0 Å². The van der Waals surface area contributed by atoms with Gasteiger partial charge in [-0.2, -0.15) is 0 Å². The lowest BCUT2D eigenvalue weighted by molar-refractivity contribution is -0.385. The normalized spacial score (nSPS) is 18.1. The average molecular weight is 424 g/mol. The van der Waals surface area contributed by atoms with Crippen molar-refractivity contribution in [2.75, 3.05) is 11.9 Å². The highest BCUT2D eigenvalue weighted by molar-refractivity contribution is 6.10. The first-order valence-electron chi connectivity index (χ1n) is 9.94. The van der Waals surface area contributed by atoms with Gasteiger partial charge < -0.3 is 10.6 Å². The molecule has 1 aliphatic rings. The first-order valence-corrected chi connectivity index (χ1v) is 9.94. The lowest BCUT2D eigenvalue weighted by Gasteiger charge is -2.22. The van der Waals surface area contributed by atoms with Crippen molar-refractivity contribution >= 4 is 29.2 Å². The number of hydrogen-bond acceptors (Lipinski definition) is 5. The van der Waals surface area contributed by atoms with Crippen molar-refractivity contribution in [3.8, 4) is 0 Å². The zero-order valence-corrected chi connectivity index (χ0v) is 17.6. The van der Waals surface area contributed by atoms with Crippen LogP contribution in [-0.4, -0.2) is 34.2 Å². The number of imide groups is 1. The molecule has 1 aliphatic heterocycles. The zero-order valence-electron chi connectivity index (χ0n) is 17.6. The number of anilines is 1. The number of nitro benzene ring substituents is 1. The number of benzene rings is 2. The molecule has 1 atom stereocenters. The van der Waals surface area contributed by atoms with E-state index in [1.165, 1.54) is 25.1 Å². The SMILES string of the molecule is CCCc1ccc(C2(C)NC(=O)N(CC(=O)Nc3cccc([N+](=O)[O-])c3C)C2=O)cc1. The number of amides is 4. The summed E-state index contributed by atoms with van der Waals surface area (Å²) in [6, 6.07) is 11.1.